The van der Waals surface area contributed by atoms with Crippen LogP contribution in [0.2, 0.25) is 0 Å². The van der Waals surface area contributed by atoms with E-state index in [9.17, 15) is 9.90 Å². The second-order valence-corrected chi connectivity index (χ2v) is 10.8. The first-order valence-electron chi connectivity index (χ1n) is 14.6. The van der Waals surface area contributed by atoms with E-state index in [-0.39, 0.29) is 12.3 Å². The second kappa shape index (κ2) is 14.8. The Labute approximate surface area is 247 Å². The lowest BCUT2D eigenvalue weighted by atomic mass is 9.89. The van der Waals surface area contributed by atoms with Gasteiger partial charge < -0.3 is 15.1 Å². The summed E-state index contributed by atoms with van der Waals surface area (Å²) in [7, 11) is 1.56. The van der Waals surface area contributed by atoms with E-state index in [2.05, 4.69) is 15.0 Å². The van der Waals surface area contributed by atoms with Gasteiger partial charge >= 0.3 is 5.97 Å². The van der Waals surface area contributed by atoms with Crippen molar-refractivity contribution < 1.29 is 19.8 Å². The fourth-order valence-electron chi connectivity index (χ4n) is 5.43. The van der Waals surface area contributed by atoms with Crippen LogP contribution in [0.25, 0.3) is 22.3 Å². The minimum Gasteiger partial charge on any atom is -0.481 e. The monoisotopic (exact) mass is 571 g/mol. The minimum atomic E-state index is -1.19. The lowest BCUT2D eigenvalue weighted by Crippen LogP contribution is -2.49. The predicted molar refractivity (Wildman–Crippen MR) is 167 cm³/mol. The van der Waals surface area contributed by atoms with Crippen molar-refractivity contribution in [3.8, 4) is 11.3 Å². The van der Waals surface area contributed by atoms with Crippen molar-refractivity contribution in [2.24, 2.45) is 16.1 Å². The Bertz CT molecular complexity index is 1430. The summed E-state index contributed by atoms with van der Waals surface area (Å²) in [5, 5.41) is 25.1. The highest BCUT2D eigenvalue weighted by atomic mass is 16.6. The van der Waals surface area contributed by atoms with Gasteiger partial charge in [0.25, 0.3) is 0 Å². The van der Waals surface area contributed by atoms with Crippen molar-refractivity contribution in [3.05, 3.63) is 71.9 Å². The van der Waals surface area contributed by atoms with Gasteiger partial charge in [-0.3, -0.25) is 14.7 Å². The van der Waals surface area contributed by atoms with Crippen LogP contribution in [0.15, 0.2) is 70.8 Å². The van der Waals surface area contributed by atoms with E-state index in [0.717, 1.165) is 46.6 Å². The number of piperidine rings is 1. The van der Waals surface area contributed by atoms with Crippen molar-refractivity contribution in [1.82, 2.24) is 14.9 Å². The molecule has 0 bridgehead atoms. The summed E-state index contributed by atoms with van der Waals surface area (Å²) in [4.78, 5) is 32.6. The maximum absolute atomic E-state index is 11.8. The van der Waals surface area contributed by atoms with E-state index in [0.29, 0.717) is 44.4 Å². The number of carboxylic acids is 1. The number of nitrogens with zero attached hydrogens (tertiary/aromatic N) is 5. The molecule has 1 fully saturated rings. The molecule has 0 aliphatic carbocycles. The van der Waals surface area contributed by atoms with Gasteiger partial charge in [0.1, 0.15) is 12.8 Å². The van der Waals surface area contributed by atoms with Gasteiger partial charge in [0.2, 0.25) is 0 Å². The Balaban J connectivity index is 1.54. The second-order valence-electron chi connectivity index (χ2n) is 10.8. The number of hydrogen-bond donors (Lipinski definition) is 2. The highest BCUT2D eigenvalue weighted by Crippen LogP contribution is 2.33. The summed E-state index contributed by atoms with van der Waals surface area (Å²) in [6.45, 7) is 5.67. The first-order valence-corrected chi connectivity index (χ1v) is 14.6. The van der Waals surface area contributed by atoms with Crippen LogP contribution < -0.4 is 0 Å². The number of carbonyl (C=O) groups is 1. The lowest BCUT2D eigenvalue weighted by Gasteiger charge is -2.42. The van der Waals surface area contributed by atoms with Gasteiger partial charge in [0, 0.05) is 42.8 Å². The van der Waals surface area contributed by atoms with Crippen LogP contribution in [0.4, 0.5) is 0 Å². The van der Waals surface area contributed by atoms with Gasteiger partial charge in [-0.1, -0.05) is 47.6 Å². The highest BCUT2D eigenvalue weighted by molar-refractivity contribution is 5.90. The number of carboxylic acid groups (broad SMARTS) is 1. The standard InChI is InChI=1S/C33H41N5O4/c1-4-5-19-34-23-30(37-42-3)24-17-20-38(21-18-24)33(2,41)26-15-16-27-29(22-26)35-28(13-9-10-14-31(39)40)32(36-27)25-11-7-6-8-12-25/h4-8,11-12,15-16,19,22,24,41H,9-10,13-14,17-18,20-21,23H2,1-3H3,(H,39,40)/b5-4-,34-19?,37-30-. The van der Waals surface area contributed by atoms with E-state index in [1.165, 1.54) is 0 Å². The Kier molecular flexibility index (Phi) is 10.9. The highest BCUT2D eigenvalue weighted by Gasteiger charge is 2.35. The summed E-state index contributed by atoms with van der Waals surface area (Å²) in [5.41, 5.74) is 4.57. The average Bonchev–Trinajstić information content (AvgIpc) is 3.00. The molecule has 0 radical (unpaired) electrons. The molecule has 0 amide bonds. The molecule has 1 aromatic heterocycles. The van der Waals surface area contributed by atoms with Crippen molar-refractivity contribution in [1.29, 1.82) is 0 Å². The van der Waals surface area contributed by atoms with Gasteiger partial charge in [-0.2, -0.15) is 0 Å². The van der Waals surface area contributed by atoms with E-state index in [1.807, 2.05) is 74.5 Å². The number of aryl methyl sites for hydroxylation is 1. The van der Waals surface area contributed by atoms with Crippen LogP contribution in [0.1, 0.15) is 57.2 Å². The molecule has 1 aliphatic heterocycles. The number of aliphatic imine (C=N–C) groups is 1. The molecule has 42 heavy (non-hydrogen) atoms. The number of unbranched alkanes of at least 4 members (excludes halogenated alkanes) is 1. The third kappa shape index (κ3) is 7.86. The first kappa shape index (κ1) is 31.0. The average molecular weight is 572 g/mol. The van der Waals surface area contributed by atoms with Crippen LogP contribution in [0, 0.1) is 5.92 Å². The summed E-state index contributed by atoms with van der Waals surface area (Å²) < 4.78 is 0. The van der Waals surface area contributed by atoms with Crippen molar-refractivity contribution in [2.45, 2.75) is 58.1 Å². The van der Waals surface area contributed by atoms with Gasteiger partial charge in [-0.15, -0.1) is 0 Å². The molecule has 1 atom stereocenters. The zero-order valence-corrected chi connectivity index (χ0v) is 24.7. The topological polar surface area (TPSA) is 120 Å². The largest absolute Gasteiger partial charge is 0.481 e. The maximum atomic E-state index is 11.8. The minimum absolute atomic E-state index is 0.133. The zero-order chi connectivity index (χ0) is 30.0. The molecule has 222 valence electrons. The Morgan fingerprint density at radius 3 is 2.57 bits per heavy atom. The molecule has 0 spiro atoms. The number of oxime groups is 1. The molecule has 9 heteroatoms. The number of aliphatic hydroxyl groups is 1. The van der Waals surface area contributed by atoms with E-state index in [4.69, 9.17) is 19.9 Å². The molecule has 0 saturated carbocycles. The number of aliphatic carboxylic acids is 1. The number of rotatable bonds is 13. The molecule has 2 N–H and O–H groups in total. The predicted octanol–water partition coefficient (Wildman–Crippen LogP) is 5.62. The molecule has 1 saturated heterocycles. The summed E-state index contributed by atoms with van der Waals surface area (Å²) in [5.74, 6) is -0.554. The molecule has 1 aliphatic rings. The summed E-state index contributed by atoms with van der Waals surface area (Å²) >= 11 is 0. The van der Waals surface area contributed by atoms with Crippen LogP contribution in [0.3, 0.4) is 0 Å². The number of benzene rings is 2. The van der Waals surface area contributed by atoms with Crippen LogP contribution in [-0.2, 0) is 21.8 Å². The van der Waals surface area contributed by atoms with Crippen LogP contribution in [0.5, 0.6) is 0 Å². The number of fused-ring (bicyclic) bond motifs is 1. The molecule has 2 heterocycles. The molecular weight excluding hydrogens is 530 g/mol. The Hall–Kier alpha value is -3.95. The van der Waals surface area contributed by atoms with E-state index < -0.39 is 11.7 Å². The number of likely N-dealkylation sites (tertiary alicyclic amines) is 1. The van der Waals surface area contributed by atoms with Gasteiger partial charge in [-0.25, -0.2) is 9.97 Å². The molecule has 2 aromatic carbocycles. The zero-order valence-electron chi connectivity index (χ0n) is 24.7. The van der Waals surface area contributed by atoms with Crippen LogP contribution in [-0.4, -0.2) is 69.7 Å². The third-order valence-corrected chi connectivity index (χ3v) is 7.81. The van der Waals surface area contributed by atoms with Gasteiger partial charge in [0.15, 0.2) is 0 Å². The smallest absolute Gasteiger partial charge is 0.303 e. The molecule has 9 nitrogen and oxygen atoms in total. The van der Waals surface area contributed by atoms with E-state index >= 15 is 0 Å². The number of allylic oxidation sites excluding steroid dienone is 2. The fraction of sp³-hybridized carbons (Fsp3) is 0.424. The fourth-order valence-corrected chi connectivity index (χ4v) is 5.43. The molecule has 1 unspecified atom stereocenters. The van der Waals surface area contributed by atoms with Crippen molar-refractivity contribution in [3.63, 3.8) is 0 Å². The Morgan fingerprint density at radius 2 is 1.88 bits per heavy atom. The molecular formula is C33H41N5O4. The normalized spacial score (nSPS) is 16.8. The lowest BCUT2D eigenvalue weighted by molar-refractivity contribution is -0.137. The van der Waals surface area contributed by atoms with Crippen molar-refractivity contribution >= 4 is 28.9 Å². The van der Waals surface area contributed by atoms with Gasteiger partial charge in [0.05, 0.1) is 34.7 Å². The van der Waals surface area contributed by atoms with Gasteiger partial charge in [-0.05, 0) is 64.2 Å². The molecule has 4 rings (SSSR count). The number of aromatic nitrogens is 2. The third-order valence-electron chi connectivity index (χ3n) is 7.81. The van der Waals surface area contributed by atoms with E-state index in [1.54, 1.807) is 13.3 Å². The quantitative estimate of drug-likeness (QED) is 0.155. The van der Waals surface area contributed by atoms with Crippen LogP contribution >= 0.6 is 0 Å². The molecule has 3 aromatic rings. The number of hydrogen-bond acceptors (Lipinski definition) is 8. The Morgan fingerprint density at radius 1 is 1.12 bits per heavy atom. The summed E-state index contributed by atoms with van der Waals surface area (Å²) in [6, 6.07) is 15.7. The SMILES string of the molecule is C/C=C\C=NC/C(=N/OC)C1CCN(C(C)(O)c2ccc3nc(-c4ccccc4)c(CCCCC(=O)O)nc3c2)CC1. The first-order chi connectivity index (χ1) is 20.3. The summed E-state index contributed by atoms with van der Waals surface area (Å²) in [6.07, 6.45) is 9.31. The van der Waals surface area contributed by atoms with Crippen molar-refractivity contribution in [2.75, 3.05) is 26.7 Å². The maximum Gasteiger partial charge on any atom is 0.303 e.